The highest BCUT2D eigenvalue weighted by Crippen LogP contribution is 2.34. The largest absolute Gasteiger partial charge is 0.397 e. The molecule has 17 heavy (non-hydrogen) atoms. The average molecular weight is 232 g/mol. The van der Waals surface area contributed by atoms with Crippen molar-refractivity contribution in [2.45, 2.75) is 32.6 Å². The molecule has 3 nitrogen and oxygen atoms in total. The summed E-state index contributed by atoms with van der Waals surface area (Å²) in [5.41, 5.74) is 7.49. The summed E-state index contributed by atoms with van der Waals surface area (Å²) in [4.78, 5) is 14.0. The number of nitrogen functional groups attached to an aromatic ring is 1. The minimum atomic E-state index is 0.215. The van der Waals surface area contributed by atoms with Gasteiger partial charge in [-0.1, -0.05) is 19.1 Å². The second kappa shape index (κ2) is 5.21. The van der Waals surface area contributed by atoms with Crippen molar-refractivity contribution in [1.82, 2.24) is 0 Å². The quantitative estimate of drug-likeness (QED) is 0.793. The van der Waals surface area contributed by atoms with Crippen LogP contribution in [0.4, 0.5) is 11.4 Å². The zero-order chi connectivity index (χ0) is 12.3. The Morgan fingerprint density at radius 2 is 2.12 bits per heavy atom. The van der Waals surface area contributed by atoms with E-state index in [0.717, 1.165) is 18.7 Å². The summed E-state index contributed by atoms with van der Waals surface area (Å²) in [5.74, 6) is 0.832. The highest BCUT2D eigenvalue weighted by atomic mass is 16.2. The number of benzene rings is 1. The molecule has 1 aliphatic carbocycles. The van der Waals surface area contributed by atoms with Crippen molar-refractivity contribution in [3.05, 3.63) is 24.3 Å². The second-order valence-corrected chi connectivity index (χ2v) is 4.75. The Morgan fingerprint density at radius 3 is 2.71 bits per heavy atom. The molecule has 0 atom stereocenters. The Morgan fingerprint density at radius 1 is 1.41 bits per heavy atom. The third-order valence-electron chi connectivity index (χ3n) is 3.14. The van der Waals surface area contributed by atoms with E-state index in [4.69, 9.17) is 5.73 Å². The molecule has 1 amide bonds. The molecule has 0 radical (unpaired) electrons. The van der Waals surface area contributed by atoms with Crippen LogP contribution in [0.1, 0.15) is 32.6 Å². The van der Waals surface area contributed by atoms with Crippen molar-refractivity contribution in [3.8, 4) is 0 Å². The lowest BCUT2D eigenvalue weighted by atomic mass is 10.2. The molecule has 0 unspecified atom stereocenters. The first kappa shape index (κ1) is 12.0. The van der Waals surface area contributed by atoms with Crippen LogP contribution in [-0.2, 0) is 4.79 Å². The van der Waals surface area contributed by atoms with Crippen molar-refractivity contribution in [2.24, 2.45) is 5.92 Å². The normalized spacial score (nSPS) is 14.6. The summed E-state index contributed by atoms with van der Waals surface area (Å²) in [7, 11) is 0. The first-order valence-electron chi connectivity index (χ1n) is 6.37. The van der Waals surface area contributed by atoms with Gasteiger partial charge in [0.25, 0.3) is 0 Å². The molecule has 1 aromatic carbocycles. The van der Waals surface area contributed by atoms with Crippen molar-refractivity contribution in [2.75, 3.05) is 17.2 Å². The van der Waals surface area contributed by atoms with Gasteiger partial charge in [-0.05, 0) is 37.3 Å². The van der Waals surface area contributed by atoms with Crippen LogP contribution in [0.3, 0.4) is 0 Å². The molecule has 0 bridgehead atoms. The fourth-order valence-electron chi connectivity index (χ4n) is 2.02. The molecular formula is C14H20N2O. The molecule has 3 heteroatoms. The molecule has 1 aliphatic rings. The number of carbonyl (C=O) groups is 1. The monoisotopic (exact) mass is 232 g/mol. The van der Waals surface area contributed by atoms with Gasteiger partial charge in [0.1, 0.15) is 0 Å². The maximum Gasteiger partial charge on any atom is 0.227 e. The number of rotatable bonds is 5. The Balaban J connectivity index is 2.15. The van der Waals surface area contributed by atoms with E-state index in [1.807, 2.05) is 29.2 Å². The minimum absolute atomic E-state index is 0.215. The number of para-hydroxylation sites is 2. The van der Waals surface area contributed by atoms with E-state index >= 15 is 0 Å². The van der Waals surface area contributed by atoms with Crippen LogP contribution < -0.4 is 10.6 Å². The van der Waals surface area contributed by atoms with Crippen molar-refractivity contribution < 1.29 is 4.79 Å². The van der Waals surface area contributed by atoms with Gasteiger partial charge in [0.15, 0.2) is 0 Å². The van der Waals surface area contributed by atoms with E-state index in [-0.39, 0.29) is 5.91 Å². The van der Waals surface area contributed by atoms with Gasteiger partial charge in [-0.25, -0.2) is 0 Å². The summed E-state index contributed by atoms with van der Waals surface area (Å²) in [6.07, 6.45) is 4.03. The maximum atomic E-state index is 12.2. The second-order valence-electron chi connectivity index (χ2n) is 4.75. The summed E-state index contributed by atoms with van der Waals surface area (Å²) in [5, 5.41) is 0. The topological polar surface area (TPSA) is 46.3 Å². The van der Waals surface area contributed by atoms with Gasteiger partial charge in [0.05, 0.1) is 11.4 Å². The molecule has 0 aromatic heterocycles. The zero-order valence-electron chi connectivity index (χ0n) is 10.4. The molecule has 0 spiro atoms. The summed E-state index contributed by atoms with van der Waals surface area (Å²) in [6, 6.07) is 7.60. The van der Waals surface area contributed by atoms with Crippen LogP contribution in [0.2, 0.25) is 0 Å². The summed E-state index contributed by atoms with van der Waals surface area (Å²) in [6.45, 7) is 2.83. The van der Waals surface area contributed by atoms with E-state index in [1.54, 1.807) is 0 Å². The highest BCUT2D eigenvalue weighted by Gasteiger charge is 2.27. The lowest BCUT2D eigenvalue weighted by molar-refractivity contribution is -0.118. The molecule has 92 valence electrons. The number of nitrogens with zero attached hydrogens (tertiary/aromatic N) is 1. The number of hydrogen-bond acceptors (Lipinski definition) is 2. The van der Waals surface area contributed by atoms with Crippen LogP contribution in [-0.4, -0.2) is 12.5 Å². The van der Waals surface area contributed by atoms with Crippen LogP contribution in [0, 0.1) is 5.92 Å². The standard InChI is InChI=1S/C14H20N2O/c1-2-9-16(14(17)10-11-7-8-11)13-6-4-3-5-12(13)15/h3-6,11H,2,7-10,15H2,1H3. The van der Waals surface area contributed by atoms with E-state index in [2.05, 4.69) is 6.92 Å². The van der Waals surface area contributed by atoms with Crippen LogP contribution in [0.25, 0.3) is 0 Å². The summed E-state index contributed by atoms with van der Waals surface area (Å²) < 4.78 is 0. The van der Waals surface area contributed by atoms with Gasteiger partial charge in [0, 0.05) is 13.0 Å². The van der Waals surface area contributed by atoms with Gasteiger partial charge in [0.2, 0.25) is 5.91 Å². The third kappa shape index (κ3) is 2.99. The summed E-state index contributed by atoms with van der Waals surface area (Å²) >= 11 is 0. The molecule has 1 aromatic rings. The van der Waals surface area contributed by atoms with E-state index in [1.165, 1.54) is 12.8 Å². The Kier molecular flexibility index (Phi) is 3.67. The number of anilines is 2. The Hall–Kier alpha value is -1.51. The van der Waals surface area contributed by atoms with Crippen molar-refractivity contribution in [3.63, 3.8) is 0 Å². The van der Waals surface area contributed by atoms with Crippen LogP contribution in [0.15, 0.2) is 24.3 Å². The van der Waals surface area contributed by atoms with E-state index in [0.29, 0.717) is 18.0 Å². The Labute approximate surface area is 103 Å². The zero-order valence-corrected chi connectivity index (χ0v) is 10.4. The van der Waals surface area contributed by atoms with Gasteiger partial charge < -0.3 is 10.6 Å². The molecular weight excluding hydrogens is 212 g/mol. The van der Waals surface area contributed by atoms with Gasteiger partial charge >= 0.3 is 0 Å². The molecule has 0 heterocycles. The molecule has 2 N–H and O–H groups in total. The average Bonchev–Trinajstić information content (AvgIpc) is 3.11. The first-order valence-corrected chi connectivity index (χ1v) is 6.37. The predicted octanol–water partition coefficient (Wildman–Crippen LogP) is 2.81. The van der Waals surface area contributed by atoms with Crippen LogP contribution in [0.5, 0.6) is 0 Å². The van der Waals surface area contributed by atoms with Gasteiger partial charge in [-0.2, -0.15) is 0 Å². The smallest absolute Gasteiger partial charge is 0.227 e. The van der Waals surface area contributed by atoms with Gasteiger partial charge in [-0.3, -0.25) is 4.79 Å². The fourth-order valence-corrected chi connectivity index (χ4v) is 2.02. The van der Waals surface area contributed by atoms with E-state index in [9.17, 15) is 4.79 Å². The fraction of sp³-hybridized carbons (Fsp3) is 0.500. The third-order valence-corrected chi connectivity index (χ3v) is 3.14. The number of hydrogen-bond donors (Lipinski definition) is 1. The number of carbonyl (C=O) groups excluding carboxylic acids is 1. The predicted molar refractivity (Wildman–Crippen MR) is 70.8 cm³/mol. The molecule has 2 rings (SSSR count). The SMILES string of the molecule is CCCN(C(=O)CC1CC1)c1ccccc1N. The maximum absolute atomic E-state index is 12.2. The minimum Gasteiger partial charge on any atom is -0.397 e. The molecule has 1 fully saturated rings. The number of nitrogens with two attached hydrogens (primary N) is 1. The van der Waals surface area contributed by atoms with E-state index < -0.39 is 0 Å². The molecule has 0 aliphatic heterocycles. The molecule has 1 saturated carbocycles. The van der Waals surface area contributed by atoms with Crippen molar-refractivity contribution >= 4 is 17.3 Å². The molecule has 0 saturated heterocycles. The lowest BCUT2D eigenvalue weighted by Crippen LogP contribution is -2.32. The highest BCUT2D eigenvalue weighted by molar-refractivity contribution is 5.96. The number of amides is 1. The van der Waals surface area contributed by atoms with Crippen molar-refractivity contribution in [1.29, 1.82) is 0 Å². The van der Waals surface area contributed by atoms with Crippen LogP contribution >= 0.6 is 0 Å². The first-order chi connectivity index (χ1) is 8.22. The Bertz CT molecular complexity index is 399. The lowest BCUT2D eigenvalue weighted by Gasteiger charge is -2.23. The van der Waals surface area contributed by atoms with Gasteiger partial charge in [-0.15, -0.1) is 0 Å².